The Morgan fingerprint density at radius 3 is 2.47 bits per heavy atom. The van der Waals surface area contributed by atoms with Crippen LogP contribution in [-0.2, 0) is 9.53 Å². The summed E-state index contributed by atoms with van der Waals surface area (Å²) in [5.41, 5.74) is 1.93. The Kier molecular flexibility index (Phi) is 7.33. The Hall–Kier alpha value is -2.56. The quantitative estimate of drug-likeness (QED) is 0.433. The van der Waals surface area contributed by atoms with E-state index in [9.17, 15) is 9.18 Å². The predicted octanol–water partition coefficient (Wildman–Crippen LogP) is 6.24. The molecule has 0 aromatic heterocycles. The van der Waals surface area contributed by atoms with E-state index in [1.54, 1.807) is 13.2 Å². The standard InChI is InChI=1S/C27H33FO4/c1-30-22-12-13-26(28)25(15-22)20-8-6-18(7-9-20)17-32-23-5-3-4-21(14-23)24(19-10-11-19)16-27(29)31-2/h3-5,12-15,18-20,24H,6-11,16-17H2,1-2H3/t18-,20-,24?. The number of halogens is 1. The number of carbonyl (C=O) groups excluding carboxylic acids is 1. The molecule has 0 bridgehead atoms. The summed E-state index contributed by atoms with van der Waals surface area (Å²) in [4.78, 5) is 11.8. The Morgan fingerprint density at radius 2 is 1.78 bits per heavy atom. The molecular formula is C27H33FO4. The van der Waals surface area contributed by atoms with Crippen LogP contribution in [0, 0.1) is 17.7 Å². The molecule has 0 aliphatic heterocycles. The molecule has 2 aliphatic carbocycles. The second-order valence-electron chi connectivity index (χ2n) is 9.21. The van der Waals surface area contributed by atoms with Crippen molar-refractivity contribution in [2.45, 2.75) is 56.8 Å². The van der Waals surface area contributed by atoms with Crippen molar-refractivity contribution < 1.29 is 23.4 Å². The highest BCUT2D eigenvalue weighted by Crippen LogP contribution is 2.45. The van der Waals surface area contributed by atoms with Gasteiger partial charge in [0.25, 0.3) is 0 Å². The average molecular weight is 441 g/mol. The van der Waals surface area contributed by atoms with Crippen molar-refractivity contribution in [1.29, 1.82) is 0 Å². The maximum absolute atomic E-state index is 14.3. The van der Waals surface area contributed by atoms with Gasteiger partial charge in [0.1, 0.15) is 17.3 Å². The first kappa shape index (κ1) is 22.6. The molecule has 1 unspecified atom stereocenters. The molecule has 1 atom stereocenters. The van der Waals surface area contributed by atoms with Crippen molar-refractivity contribution >= 4 is 5.97 Å². The van der Waals surface area contributed by atoms with Gasteiger partial charge in [0.2, 0.25) is 0 Å². The van der Waals surface area contributed by atoms with E-state index in [2.05, 4.69) is 12.1 Å². The van der Waals surface area contributed by atoms with Crippen molar-refractivity contribution in [3.8, 4) is 11.5 Å². The van der Waals surface area contributed by atoms with Gasteiger partial charge in [-0.25, -0.2) is 4.39 Å². The summed E-state index contributed by atoms with van der Waals surface area (Å²) in [5, 5.41) is 0. The zero-order valence-electron chi connectivity index (χ0n) is 19.0. The van der Waals surface area contributed by atoms with Gasteiger partial charge < -0.3 is 14.2 Å². The SMILES string of the molecule is COC(=O)CC(c1cccc(OC[C@H]2CC[C@H](c3cc(OC)ccc3F)CC2)c1)C1CC1. The van der Waals surface area contributed by atoms with E-state index in [0.717, 1.165) is 42.6 Å². The maximum atomic E-state index is 14.3. The summed E-state index contributed by atoms with van der Waals surface area (Å²) in [6, 6.07) is 13.2. The summed E-state index contributed by atoms with van der Waals surface area (Å²) in [5.74, 6) is 2.76. The summed E-state index contributed by atoms with van der Waals surface area (Å²) < 4.78 is 30.6. The third kappa shape index (κ3) is 5.62. The fourth-order valence-corrected chi connectivity index (χ4v) is 4.97. The summed E-state index contributed by atoms with van der Waals surface area (Å²) >= 11 is 0. The highest BCUT2D eigenvalue weighted by Gasteiger charge is 2.34. The number of benzene rings is 2. The minimum absolute atomic E-state index is 0.139. The molecule has 0 N–H and O–H groups in total. The van der Waals surface area contributed by atoms with Crippen LogP contribution < -0.4 is 9.47 Å². The molecule has 0 saturated heterocycles. The molecule has 32 heavy (non-hydrogen) atoms. The number of carbonyl (C=O) groups is 1. The topological polar surface area (TPSA) is 44.8 Å². The van der Waals surface area contributed by atoms with Crippen LogP contribution in [0.15, 0.2) is 42.5 Å². The summed E-state index contributed by atoms with van der Waals surface area (Å²) in [7, 11) is 3.06. The van der Waals surface area contributed by atoms with Crippen molar-refractivity contribution in [3.05, 3.63) is 59.4 Å². The molecule has 5 heteroatoms. The van der Waals surface area contributed by atoms with E-state index in [-0.39, 0.29) is 23.6 Å². The molecule has 2 fully saturated rings. The van der Waals surface area contributed by atoms with Crippen molar-refractivity contribution in [3.63, 3.8) is 0 Å². The minimum Gasteiger partial charge on any atom is -0.497 e. The van der Waals surface area contributed by atoms with Gasteiger partial charge >= 0.3 is 5.97 Å². The predicted molar refractivity (Wildman–Crippen MR) is 122 cm³/mol. The lowest BCUT2D eigenvalue weighted by molar-refractivity contribution is -0.141. The molecule has 0 radical (unpaired) electrons. The smallest absolute Gasteiger partial charge is 0.306 e. The minimum atomic E-state index is -0.155. The third-order valence-corrected chi connectivity index (χ3v) is 7.07. The first-order valence-electron chi connectivity index (χ1n) is 11.7. The summed E-state index contributed by atoms with van der Waals surface area (Å²) in [6.07, 6.45) is 6.73. The molecular weight excluding hydrogens is 407 g/mol. The number of hydrogen-bond acceptors (Lipinski definition) is 4. The molecule has 4 nitrogen and oxygen atoms in total. The molecule has 0 heterocycles. The van der Waals surface area contributed by atoms with Gasteiger partial charge in [-0.1, -0.05) is 12.1 Å². The largest absolute Gasteiger partial charge is 0.497 e. The Morgan fingerprint density at radius 1 is 1.00 bits per heavy atom. The molecule has 0 amide bonds. The van der Waals surface area contributed by atoms with E-state index in [4.69, 9.17) is 14.2 Å². The highest BCUT2D eigenvalue weighted by atomic mass is 19.1. The third-order valence-electron chi connectivity index (χ3n) is 7.07. The number of hydrogen-bond donors (Lipinski definition) is 0. The van der Waals surface area contributed by atoms with Crippen LogP contribution in [0.3, 0.4) is 0 Å². The molecule has 0 spiro atoms. The lowest BCUT2D eigenvalue weighted by Crippen LogP contribution is -2.20. The van der Waals surface area contributed by atoms with Gasteiger partial charge in [-0.3, -0.25) is 4.79 Å². The van der Waals surface area contributed by atoms with E-state index in [1.807, 2.05) is 18.2 Å². The van der Waals surface area contributed by atoms with Crippen LogP contribution in [0.2, 0.25) is 0 Å². The fourth-order valence-electron chi connectivity index (χ4n) is 4.97. The van der Waals surface area contributed by atoms with Crippen LogP contribution in [0.1, 0.15) is 67.9 Å². The average Bonchev–Trinajstić information content (AvgIpc) is 3.67. The van der Waals surface area contributed by atoms with Crippen LogP contribution in [-0.4, -0.2) is 26.8 Å². The van der Waals surface area contributed by atoms with Crippen LogP contribution >= 0.6 is 0 Å². The number of esters is 1. The summed E-state index contributed by atoms with van der Waals surface area (Å²) in [6.45, 7) is 0.669. The van der Waals surface area contributed by atoms with Gasteiger partial charge in [-0.05, 0) is 104 Å². The fraction of sp³-hybridized carbons (Fsp3) is 0.519. The molecule has 2 saturated carbocycles. The number of ether oxygens (including phenoxy) is 3. The first-order chi connectivity index (χ1) is 15.6. The van der Waals surface area contributed by atoms with Gasteiger partial charge in [0, 0.05) is 0 Å². The van der Waals surface area contributed by atoms with E-state index in [1.165, 1.54) is 26.0 Å². The van der Waals surface area contributed by atoms with Crippen molar-refractivity contribution in [2.24, 2.45) is 11.8 Å². The Balaban J connectivity index is 1.31. The first-order valence-corrected chi connectivity index (χ1v) is 11.7. The second-order valence-corrected chi connectivity index (χ2v) is 9.21. The van der Waals surface area contributed by atoms with Gasteiger partial charge in [-0.2, -0.15) is 0 Å². The molecule has 172 valence electrons. The second kappa shape index (κ2) is 10.4. The zero-order chi connectivity index (χ0) is 22.5. The van der Waals surface area contributed by atoms with Gasteiger partial charge in [0.15, 0.2) is 0 Å². The molecule has 4 rings (SSSR count). The van der Waals surface area contributed by atoms with Crippen LogP contribution in [0.25, 0.3) is 0 Å². The van der Waals surface area contributed by atoms with E-state index < -0.39 is 0 Å². The molecule has 2 aliphatic rings. The number of methoxy groups -OCH3 is 2. The monoisotopic (exact) mass is 440 g/mol. The maximum Gasteiger partial charge on any atom is 0.306 e. The molecule has 2 aromatic carbocycles. The zero-order valence-corrected chi connectivity index (χ0v) is 19.0. The molecule has 2 aromatic rings. The van der Waals surface area contributed by atoms with Crippen LogP contribution in [0.5, 0.6) is 11.5 Å². The highest BCUT2D eigenvalue weighted by molar-refractivity contribution is 5.70. The van der Waals surface area contributed by atoms with Crippen molar-refractivity contribution in [2.75, 3.05) is 20.8 Å². The lowest BCUT2D eigenvalue weighted by atomic mass is 9.79. The normalized spacial score (nSPS) is 21.6. The van der Waals surface area contributed by atoms with Crippen LogP contribution in [0.4, 0.5) is 4.39 Å². The lowest BCUT2D eigenvalue weighted by Gasteiger charge is -2.29. The van der Waals surface area contributed by atoms with E-state index >= 15 is 0 Å². The van der Waals surface area contributed by atoms with E-state index in [0.29, 0.717) is 30.6 Å². The number of rotatable bonds is 9. The Labute approximate surface area is 190 Å². The van der Waals surface area contributed by atoms with Gasteiger partial charge in [-0.15, -0.1) is 0 Å². The van der Waals surface area contributed by atoms with Gasteiger partial charge in [0.05, 0.1) is 27.2 Å². The Bertz CT molecular complexity index is 916. The van der Waals surface area contributed by atoms with Crippen molar-refractivity contribution in [1.82, 2.24) is 0 Å².